The van der Waals surface area contributed by atoms with Gasteiger partial charge in [0, 0.05) is 38.1 Å². The first-order valence-electron chi connectivity index (χ1n) is 9.13. The van der Waals surface area contributed by atoms with Gasteiger partial charge in [-0.2, -0.15) is 0 Å². The maximum Gasteiger partial charge on any atom is 0.220 e. The molecule has 1 fully saturated rings. The molecule has 0 saturated heterocycles. The second kappa shape index (κ2) is 11.0. The van der Waals surface area contributed by atoms with Crippen molar-refractivity contribution in [2.75, 3.05) is 20.1 Å². The monoisotopic (exact) mass is 364 g/mol. The molecule has 0 radical (unpaired) electrons. The summed E-state index contributed by atoms with van der Waals surface area (Å²) in [6.45, 7) is 1.89. The summed E-state index contributed by atoms with van der Waals surface area (Å²) in [5.41, 5.74) is 1.09. The number of guanidine groups is 1. The van der Waals surface area contributed by atoms with Crippen LogP contribution in [0.5, 0.6) is 0 Å². The standard InChI is InChI=1S/C19H29ClN4O/c1-21-19(24-14-16-8-5-9-17(20)12-16)23-11-10-22-18(25)13-15-6-3-2-4-7-15/h5,8-9,12,15H,2-4,6-7,10-11,13-14H2,1H3,(H,22,25)(H2,21,23,24). The average Bonchev–Trinajstić information content (AvgIpc) is 2.62. The zero-order valence-corrected chi connectivity index (χ0v) is 15.7. The van der Waals surface area contributed by atoms with Crippen molar-refractivity contribution in [3.8, 4) is 0 Å². The van der Waals surface area contributed by atoms with Crippen molar-refractivity contribution in [2.45, 2.75) is 45.1 Å². The molecule has 0 aromatic heterocycles. The van der Waals surface area contributed by atoms with E-state index >= 15 is 0 Å². The normalized spacial score (nSPS) is 15.7. The SMILES string of the molecule is CN=C(NCCNC(=O)CC1CCCCC1)NCc1cccc(Cl)c1. The maximum atomic E-state index is 12.0. The molecule has 1 aromatic rings. The highest BCUT2D eigenvalue weighted by molar-refractivity contribution is 6.30. The van der Waals surface area contributed by atoms with Gasteiger partial charge in [0.05, 0.1) is 0 Å². The van der Waals surface area contributed by atoms with Crippen molar-refractivity contribution >= 4 is 23.5 Å². The van der Waals surface area contributed by atoms with Crippen LogP contribution >= 0.6 is 11.6 Å². The quantitative estimate of drug-likeness (QED) is 0.395. The molecule has 6 heteroatoms. The van der Waals surface area contributed by atoms with E-state index in [1.165, 1.54) is 32.1 Å². The molecule has 0 spiro atoms. The number of carbonyl (C=O) groups is 1. The van der Waals surface area contributed by atoms with Crippen molar-refractivity contribution in [1.29, 1.82) is 0 Å². The largest absolute Gasteiger partial charge is 0.355 e. The van der Waals surface area contributed by atoms with Crippen LogP contribution in [0.25, 0.3) is 0 Å². The molecule has 0 aliphatic heterocycles. The number of aliphatic imine (C=N–C) groups is 1. The average molecular weight is 365 g/mol. The van der Waals surface area contributed by atoms with E-state index < -0.39 is 0 Å². The summed E-state index contributed by atoms with van der Waals surface area (Å²) in [5, 5.41) is 10.2. The fraction of sp³-hybridized carbons (Fsp3) is 0.579. The number of nitrogens with zero attached hydrogens (tertiary/aromatic N) is 1. The lowest BCUT2D eigenvalue weighted by Crippen LogP contribution is -2.41. The van der Waals surface area contributed by atoms with Gasteiger partial charge in [-0.3, -0.25) is 9.79 Å². The van der Waals surface area contributed by atoms with Gasteiger partial charge in [-0.1, -0.05) is 43.0 Å². The number of hydrogen-bond donors (Lipinski definition) is 3. The molecule has 1 aliphatic rings. The molecule has 0 heterocycles. The number of benzene rings is 1. The number of rotatable bonds is 7. The Bertz CT molecular complexity index is 570. The lowest BCUT2D eigenvalue weighted by molar-refractivity contribution is -0.122. The minimum absolute atomic E-state index is 0.163. The lowest BCUT2D eigenvalue weighted by atomic mass is 9.87. The highest BCUT2D eigenvalue weighted by Gasteiger charge is 2.16. The highest BCUT2D eigenvalue weighted by atomic mass is 35.5. The van der Waals surface area contributed by atoms with Crippen LogP contribution in [-0.2, 0) is 11.3 Å². The van der Waals surface area contributed by atoms with Crippen LogP contribution in [0.4, 0.5) is 0 Å². The van der Waals surface area contributed by atoms with E-state index in [-0.39, 0.29) is 5.91 Å². The summed E-state index contributed by atoms with van der Waals surface area (Å²) >= 11 is 5.98. The molecular formula is C19H29ClN4O. The third kappa shape index (κ3) is 7.78. The molecule has 1 amide bonds. The van der Waals surface area contributed by atoms with E-state index in [0.29, 0.717) is 37.9 Å². The topological polar surface area (TPSA) is 65.5 Å². The molecule has 2 rings (SSSR count). The predicted molar refractivity (Wildman–Crippen MR) is 104 cm³/mol. The van der Waals surface area contributed by atoms with Crippen molar-refractivity contribution in [2.24, 2.45) is 10.9 Å². The van der Waals surface area contributed by atoms with E-state index in [9.17, 15) is 4.79 Å². The second-order valence-electron chi connectivity index (χ2n) is 6.54. The zero-order valence-electron chi connectivity index (χ0n) is 15.0. The molecule has 3 N–H and O–H groups in total. The summed E-state index contributed by atoms with van der Waals surface area (Å²) in [6, 6.07) is 7.72. The summed E-state index contributed by atoms with van der Waals surface area (Å²) < 4.78 is 0. The number of nitrogens with one attached hydrogen (secondary N) is 3. The van der Waals surface area contributed by atoms with Gasteiger partial charge in [0.25, 0.3) is 0 Å². The van der Waals surface area contributed by atoms with Crippen LogP contribution in [0.2, 0.25) is 5.02 Å². The van der Waals surface area contributed by atoms with Gasteiger partial charge >= 0.3 is 0 Å². The first-order chi connectivity index (χ1) is 12.2. The molecule has 25 heavy (non-hydrogen) atoms. The number of amides is 1. The Morgan fingerprint density at radius 1 is 1.16 bits per heavy atom. The van der Waals surface area contributed by atoms with Crippen molar-refractivity contribution in [3.63, 3.8) is 0 Å². The van der Waals surface area contributed by atoms with Crippen LogP contribution in [0.15, 0.2) is 29.3 Å². The van der Waals surface area contributed by atoms with Crippen LogP contribution in [0.3, 0.4) is 0 Å². The van der Waals surface area contributed by atoms with Gasteiger partial charge in [0.15, 0.2) is 5.96 Å². The van der Waals surface area contributed by atoms with E-state index in [1.54, 1.807) is 7.05 Å². The third-order valence-electron chi connectivity index (χ3n) is 4.51. The van der Waals surface area contributed by atoms with Crippen LogP contribution in [0, 0.1) is 5.92 Å². The maximum absolute atomic E-state index is 12.0. The Morgan fingerprint density at radius 3 is 2.64 bits per heavy atom. The summed E-state index contributed by atoms with van der Waals surface area (Å²) in [6.07, 6.45) is 6.94. The van der Waals surface area contributed by atoms with Gasteiger partial charge in [-0.25, -0.2) is 0 Å². The summed E-state index contributed by atoms with van der Waals surface area (Å²) in [5.74, 6) is 1.45. The van der Waals surface area contributed by atoms with Crippen molar-refractivity contribution in [1.82, 2.24) is 16.0 Å². The van der Waals surface area contributed by atoms with E-state index in [2.05, 4.69) is 20.9 Å². The molecule has 1 aromatic carbocycles. The molecule has 0 bridgehead atoms. The molecular weight excluding hydrogens is 336 g/mol. The van der Waals surface area contributed by atoms with Gasteiger partial charge < -0.3 is 16.0 Å². The first-order valence-corrected chi connectivity index (χ1v) is 9.51. The number of halogens is 1. The zero-order chi connectivity index (χ0) is 17.9. The van der Waals surface area contributed by atoms with E-state index in [1.807, 2.05) is 24.3 Å². The van der Waals surface area contributed by atoms with Crippen LogP contribution < -0.4 is 16.0 Å². The Hall–Kier alpha value is -1.75. The van der Waals surface area contributed by atoms with E-state index in [4.69, 9.17) is 11.6 Å². The fourth-order valence-electron chi connectivity index (χ4n) is 3.16. The smallest absolute Gasteiger partial charge is 0.220 e. The fourth-order valence-corrected chi connectivity index (χ4v) is 3.37. The molecule has 0 unspecified atom stereocenters. The summed E-state index contributed by atoms with van der Waals surface area (Å²) in [4.78, 5) is 16.2. The molecule has 0 atom stereocenters. The van der Waals surface area contributed by atoms with Crippen LogP contribution in [0.1, 0.15) is 44.1 Å². The molecule has 1 saturated carbocycles. The number of hydrogen-bond acceptors (Lipinski definition) is 2. The van der Waals surface area contributed by atoms with Gasteiger partial charge in [0.2, 0.25) is 5.91 Å². The van der Waals surface area contributed by atoms with E-state index in [0.717, 1.165) is 10.6 Å². The Kier molecular flexibility index (Phi) is 8.60. The number of carbonyl (C=O) groups excluding carboxylic acids is 1. The van der Waals surface area contributed by atoms with Crippen LogP contribution in [-0.4, -0.2) is 32.0 Å². The van der Waals surface area contributed by atoms with Crippen molar-refractivity contribution in [3.05, 3.63) is 34.9 Å². The first kappa shape index (κ1) is 19.6. The van der Waals surface area contributed by atoms with Gasteiger partial charge in [-0.05, 0) is 36.5 Å². The third-order valence-corrected chi connectivity index (χ3v) is 4.75. The minimum Gasteiger partial charge on any atom is -0.355 e. The second-order valence-corrected chi connectivity index (χ2v) is 6.98. The Labute approximate surface area is 155 Å². The molecule has 5 nitrogen and oxygen atoms in total. The molecule has 138 valence electrons. The molecule has 1 aliphatic carbocycles. The van der Waals surface area contributed by atoms with Crippen molar-refractivity contribution < 1.29 is 4.79 Å². The Morgan fingerprint density at radius 2 is 1.92 bits per heavy atom. The minimum atomic E-state index is 0.163. The predicted octanol–water partition coefficient (Wildman–Crippen LogP) is 3.09. The Balaban J connectivity index is 1.59. The lowest BCUT2D eigenvalue weighted by Gasteiger charge is -2.20. The van der Waals surface area contributed by atoms with Gasteiger partial charge in [0.1, 0.15) is 0 Å². The summed E-state index contributed by atoms with van der Waals surface area (Å²) in [7, 11) is 1.73. The van der Waals surface area contributed by atoms with Gasteiger partial charge in [-0.15, -0.1) is 0 Å². The highest BCUT2D eigenvalue weighted by Crippen LogP contribution is 2.25.